The SMILES string of the molecule is Cc1nc2c(ncn2[C@@H]2OC(COP3(=O)OCCC(c4cccc(Cl)c4)O3)[C@@H](O)[C@@]2(C)O)c(=O)[nH]1. The molecule has 0 radical (unpaired) electrons. The summed E-state index contributed by atoms with van der Waals surface area (Å²) in [5, 5.41) is 22.3. The molecular formula is C21H24ClN4O8P. The summed E-state index contributed by atoms with van der Waals surface area (Å²) in [6.07, 6.45) is -2.49. The van der Waals surface area contributed by atoms with E-state index in [0.717, 1.165) is 5.56 Å². The van der Waals surface area contributed by atoms with Crippen molar-refractivity contribution in [2.45, 2.75) is 50.4 Å². The van der Waals surface area contributed by atoms with Crippen LogP contribution >= 0.6 is 19.4 Å². The molecule has 14 heteroatoms. The van der Waals surface area contributed by atoms with Crippen LogP contribution in [-0.4, -0.2) is 60.8 Å². The second-order valence-corrected chi connectivity index (χ2v) is 10.7. The lowest BCUT2D eigenvalue weighted by atomic mass is 9.96. The number of hydrogen-bond donors (Lipinski definition) is 3. The van der Waals surface area contributed by atoms with E-state index in [4.69, 9.17) is 29.9 Å². The number of H-pyrrole nitrogens is 1. The molecule has 1 aromatic carbocycles. The lowest BCUT2D eigenvalue weighted by Gasteiger charge is -2.30. The van der Waals surface area contributed by atoms with Crippen molar-refractivity contribution in [2.24, 2.45) is 0 Å². The standard InChI is InChI=1S/C21H24ClN4O8P/c1-11-24-18-16(19(28)25-11)23-10-26(18)20-21(2,29)17(27)15(33-20)9-32-35(30)31-7-6-14(34-35)12-4-3-5-13(22)8-12/h3-5,8,10,14-15,17,20,27,29H,6-7,9H2,1-2H3,(H,24,25,28)/t14?,15?,17-,20-,21-,35?/m1/s1. The normalized spacial score (nSPS) is 33.4. The van der Waals surface area contributed by atoms with Gasteiger partial charge in [0, 0.05) is 11.4 Å². The molecule has 5 rings (SSSR count). The molecule has 2 aliphatic rings. The van der Waals surface area contributed by atoms with Gasteiger partial charge in [0.05, 0.1) is 25.6 Å². The molecule has 2 aromatic heterocycles. The molecular weight excluding hydrogens is 503 g/mol. The van der Waals surface area contributed by atoms with Crippen LogP contribution in [0.1, 0.15) is 37.1 Å². The Morgan fingerprint density at radius 3 is 3.00 bits per heavy atom. The van der Waals surface area contributed by atoms with E-state index in [9.17, 15) is 19.6 Å². The Balaban J connectivity index is 1.33. The van der Waals surface area contributed by atoms with Crippen molar-refractivity contribution in [1.82, 2.24) is 19.5 Å². The fourth-order valence-electron chi connectivity index (χ4n) is 4.26. The molecule has 12 nitrogen and oxygen atoms in total. The van der Waals surface area contributed by atoms with Gasteiger partial charge < -0.3 is 19.9 Å². The summed E-state index contributed by atoms with van der Waals surface area (Å²) in [6.45, 7) is 2.71. The zero-order valence-corrected chi connectivity index (χ0v) is 20.5. The minimum absolute atomic E-state index is 0.0599. The Morgan fingerprint density at radius 1 is 1.43 bits per heavy atom. The number of phosphoric ester groups is 1. The summed E-state index contributed by atoms with van der Waals surface area (Å²) in [6, 6.07) is 6.99. The largest absolute Gasteiger partial charge is 0.475 e. The van der Waals surface area contributed by atoms with Gasteiger partial charge in [-0.25, -0.2) is 14.5 Å². The number of aliphatic hydroxyl groups excluding tert-OH is 1. The molecule has 6 atom stereocenters. The maximum atomic E-state index is 13.1. The van der Waals surface area contributed by atoms with E-state index in [2.05, 4.69) is 15.0 Å². The van der Waals surface area contributed by atoms with Gasteiger partial charge in [0.25, 0.3) is 5.56 Å². The predicted molar refractivity (Wildman–Crippen MR) is 123 cm³/mol. The number of nitrogens with one attached hydrogen (secondary N) is 1. The number of phosphoric acid groups is 1. The highest BCUT2D eigenvalue weighted by molar-refractivity contribution is 7.48. The molecule has 0 amide bonds. The zero-order valence-electron chi connectivity index (χ0n) is 18.8. The Kier molecular flexibility index (Phi) is 6.35. The second kappa shape index (κ2) is 9.06. The number of ether oxygens (including phenoxy) is 1. The van der Waals surface area contributed by atoms with Crippen LogP contribution < -0.4 is 5.56 Å². The highest BCUT2D eigenvalue weighted by atomic mass is 35.5. The van der Waals surface area contributed by atoms with Crippen LogP contribution in [0.3, 0.4) is 0 Å². The van der Waals surface area contributed by atoms with Gasteiger partial charge in [0.1, 0.15) is 23.6 Å². The maximum Gasteiger partial charge on any atom is 0.475 e. The molecule has 0 spiro atoms. The summed E-state index contributed by atoms with van der Waals surface area (Å²) in [7, 11) is -4.00. The lowest BCUT2D eigenvalue weighted by molar-refractivity contribution is -0.0953. The van der Waals surface area contributed by atoms with E-state index < -0.39 is 50.1 Å². The van der Waals surface area contributed by atoms with Gasteiger partial charge >= 0.3 is 7.82 Å². The van der Waals surface area contributed by atoms with Crippen molar-refractivity contribution in [3.63, 3.8) is 0 Å². The predicted octanol–water partition coefficient (Wildman–Crippen LogP) is 2.39. The maximum absolute atomic E-state index is 13.1. The molecule has 0 aliphatic carbocycles. The minimum atomic E-state index is -4.00. The third-order valence-electron chi connectivity index (χ3n) is 6.06. The molecule has 0 bridgehead atoms. The smallest absolute Gasteiger partial charge is 0.387 e. The minimum Gasteiger partial charge on any atom is -0.387 e. The van der Waals surface area contributed by atoms with E-state index in [-0.39, 0.29) is 17.8 Å². The van der Waals surface area contributed by atoms with Gasteiger partial charge in [0.2, 0.25) is 0 Å². The first-order chi connectivity index (χ1) is 16.6. The summed E-state index contributed by atoms with van der Waals surface area (Å²) in [5.41, 5.74) is -1.28. The number of aromatic amines is 1. The van der Waals surface area contributed by atoms with Crippen LogP contribution in [0.2, 0.25) is 5.02 Å². The van der Waals surface area contributed by atoms with E-state index in [1.807, 2.05) is 0 Å². The van der Waals surface area contributed by atoms with Gasteiger partial charge in [-0.3, -0.25) is 22.9 Å². The summed E-state index contributed by atoms with van der Waals surface area (Å²) in [4.78, 5) is 23.1. The van der Waals surface area contributed by atoms with Gasteiger partial charge in [-0.2, -0.15) is 0 Å². The molecule has 188 valence electrons. The molecule has 2 saturated heterocycles. The van der Waals surface area contributed by atoms with E-state index in [1.165, 1.54) is 17.8 Å². The van der Waals surface area contributed by atoms with Gasteiger partial charge in [0.15, 0.2) is 17.4 Å². The van der Waals surface area contributed by atoms with Crippen molar-refractivity contribution < 1.29 is 33.1 Å². The van der Waals surface area contributed by atoms with Crippen LogP contribution in [0.15, 0.2) is 35.4 Å². The van der Waals surface area contributed by atoms with E-state index in [0.29, 0.717) is 17.3 Å². The topological polar surface area (TPSA) is 158 Å². The second-order valence-electron chi connectivity index (χ2n) is 8.69. The summed E-state index contributed by atoms with van der Waals surface area (Å²) >= 11 is 6.05. The van der Waals surface area contributed by atoms with Crippen molar-refractivity contribution >= 4 is 30.6 Å². The number of rotatable bonds is 5. The Labute approximate surface area is 204 Å². The highest BCUT2D eigenvalue weighted by Gasteiger charge is 2.54. The first-order valence-corrected chi connectivity index (χ1v) is 12.7. The molecule has 0 saturated carbocycles. The molecule has 2 aliphatic heterocycles. The monoisotopic (exact) mass is 526 g/mol. The number of imidazole rings is 1. The molecule has 2 fully saturated rings. The zero-order chi connectivity index (χ0) is 25.0. The fourth-order valence-corrected chi connectivity index (χ4v) is 5.85. The average Bonchev–Trinajstić information content (AvgIpc) is 3.31. The number of aryl methyl sites for hydroxylation is 1. The van der Waals surface area contributed by atoms with Crippen LogP contribution in [0.5, 0.6) is 0 Å². The van der Waals surface area contributed by atoms with Crippen LogP contribution in [0.4, 0.5) is 0 Å². The first kappa shape index (κ1) is 24.5. The van der Waals surface area contributed by atoms with Crippen molar-refractivity contribution in [2.75, 3.05) is 13.2 Å². The van der Waals surface area contributed by atoms with Crippen molar-refractivity contribution in [3.05, 3.63) is 57.4 Å². The Bertz CT molecular complexity index is 1360. The van der Waals surface area contributed by atoms with Crippen molar-refractivity contribution in [3.8, 4) is 0 Å². The molecule has 4 heterocycles. The lowest BCUT2D eigenvalue weighted by Crippen LogP contribution is -2.44. The molecule has 3 N–H and O–H groups in total. The van der Waals surface area contributed by atoms with Gasteiger partial charge in [-0.1, -0.05) is 23.7 Å². The average molecular weight is 527 g/mol. The number of hydrogen-bond acceptors (Lipinski definition) is 10. The van der Waals surface area contributed by atoms with Crippen molar-refractivity contribution in [1.29, 1.82) is 0 Å². The number of fused-ring (bicyclic) bond motifs is 1. The number of aromatic nitrogens is 4. The molecule has 3 unspecified atom stereocenters. The molecule has 3 aromatic rings. The fraction of sp³-hybridized carbons (Fsp3) is 0.476. The Hall–Kier alpha value is -2.15. The van der Waals surface area contributed by atoms with E-state index in [1.54, 1.807) is 31.2 Å². The summed E-state index contributed by atoms with van der Waals surface area (Å²) in [5.74, 6) is 0.348. The first-order valence-electron chi connectivity index (χ1n) is 10.9. The number of aliphatic hydroxyl groups is 2. The number of benzene rings is 1. The highest BCUT2D eigenvalue weighted by Crippen LogP contribution is 2.57. The van der Waals surface area contributed by atoms with Gasteiger partial charge in [-0.05, 0) is 31.5 Å². The quantitative estimate of drug-likeness (QED) is 0.421. The van der Waals surface area contributed by atoms with Crippen LogP contribution in [0, 0.1) is 6.92 Å². The molecule has 35 heavy (non-hydrogen) atoms. The number of nitrogens with zero attached hydrogens (tertiary/aromatic N) is 3. The Morgan fingerprint density at radius 2 is 2.23 bits per heavy atom. The third kappa shape index (κ3) is 4.56. The number of halogens is 1. The summed E-state index contributed by atoms with van der Waals surface area (Å²) < 4.78 is 36.8. The van der Waals surface area contributed by atoms with E-state index >= 15 is 0 Å². The van der Waals surface area contributed by atoms with Crippen LogP contribution in [-0.2, 0) is 22.9 Å². The van der Waals surface area contributed by atoms with Gasteiger partial charge in [-0.15, -0.1) is 0 Å². The third-order valence-corrected chi connectivity index (χ3v) is 7.77. The van der Waals surface area contributed by atoms with Crippen LogP contribution in [0.25, 0.3) is 11.2 Å².